The highest BCUT2D eigenvalue weighted by molar-refractivity contribution is 6.58. The predicted molar refractivity (Wildman–Crippen MR) is 199 cm³/mol. The lowest BCUT2D eigenvalue weighted by Gasteiger charge is -2.50. The molecule has 2 saturated heterocycles. The topological polar surface area (TPSA) is 123 Å². The zero-order chi connectivity index (χ0) is 37.4. The molecule has 0 aromatic heterocycles. The van der Waals surface area contributed by atoms with Crippen LogP contribution in [0.3, 0.4) is 0 Å². The number of fused-ring (bicyclic) bond motifs is 4. The van der Waals surface area contributed by atoms with Crippen LogP contribution in [-0.4, -0.2) is 52.6 Å². The predicted octanol–water partition coefficient (Wildman–Crippen LogP) is 7.78. The number of rotatable bonds is 6. The van der Waals surface area contributed by atoms with Crippen molar-refractivity contribution in [3.05, 3.63) is 120 Å². The number of aromatic hydroxyl groups is 1. The molecule has 1 N–H and O–H groups in total. The first-order valence-electron chi connectivity index (χ1n) is 17.0. The second kappa shape index (κ2) is 12.6. The molecule has 4 aromatic rings. The molecule has 6 unspecified atom stereocenters. The minimum absolute atomic E-state index is 0.0281. The number of azo groups is 1. The highest BCUT2D eigenvalue weighted by Crippen LogP contribution is 2.66. The number of carbonyl (C=O) groups excluding carboxylic acids is 4. The molecule has 268 valence electrons. The van der Waals surface area contributed by atoms with Crippen LogP contribution in [0.2, 0.25) is 0 Å². The standard InChI is InChI=1S/C40H32Cl2FN5O5/c1-46(2)26-13-7-24(8-14-26)44-45-25-9-15-27(16-10-25)47-35(50)31-20-19-30-32(33(31)36(47)51)21-39(41)37(52)48(28-11-5-23(43)6-12-28)38(53)40(39,42)34(30)22-3-17-29(49)18-4-22/h3-19,31-34,49H,20-21H2,1-2H3. The molecular formula is C40H32Cl2FN5O5. The lowest BCUT2D eigenvalue weighted by atomic mass is 9.56. The van der Waals surface area contributed by atoms with Gasteiger partial charge in [0.25, 0.3) is 11.8 Å². The van der Waals surface area contributed by atoms with E-state index in [1.807, 2.05) is 49.3 Å². The normalized spacial score (nSPS) is 27.9. The van der Waals surface area contributed by atoms with Gasteiger partial charge in [0, 0.05) is 25.7 Å². The van der Waals surface area contributed by atoms with Crippen molar-refractivity contribution in [2.45, 2.75) is 28.5 Å². The Morgan fingerprint density at radius 1 is 0.736 bits per heavy atom. The Labute approximate surface area is 314 Å². The Kier molecular flexibility index (Phi) is 8.27. The second-order valence-corrected chi connectivity index (χ2v) is 15.2. The molecule has 1 saturated carbocycles. The van der Waals surface area contributed by atoms with E-state index in [0.717, 1.165) is 22.7 Å². The highest BCUT2D eigenvalue weighted by Gasteiger charge is 2.76. The monoisotopic (exact) mass is 751 g/mol. The molecule has 2 aliphatic carbocycles. The number of nitrogens with zero attached hydrogens (tertiary/aromatic N) is 5. The van der Waals surface area contributed by atoms with Crippen LogP contribution in [-0.2, 0) is 19.2 Å². The maximum Gasteiger partial charge on any atom is 0.258 e. The number of allylic oxidation sites excluding steroid dienone is 2. The first-order chi connectivity index (χ1) is 25.3. The number of amides is 4. The third kappa shape index (κ3) is 5.27. The van der Waals surface area contributed by atoms with Gasteiger partial charge in [-0.05, 0) is 109 Å². The molecule has 0 radical (unpaired) electrons. The summed E-state index contributed by atoms with van der Waals surface area (Å²) in [6, 6.07) is 25.1. The Bertz CT molecular complexity index is 2230. The van der Waals surface area contributed by atoms with Gasteiger partial charge in [0.15, 0.2) is 9.75 Å². The van der Waals surface area contributed by atoms with Crippen molar-refractivity contribution in [3.63, 3.8) is 0 Å². The number of phenols is 1. The molecule has 3 fully saturated rings. The number of hydrogen-bond donors (Lipinski definition) is 1. The number of anilines is 3. The summed E-state index contributed by atoms with van der Waals surface area (Å²) < 4.78 is 13.9. The van der Waals surface area contributed by atoms with Crippen LogP contribution in [0, 0.1) is 23.6 Å². The molecule has 4 amide bonds. The lowest BCUT2D eigenvalue weighted by Crippen LogP contribution is -2.60. The molecule has 6 atom stereocenters. The first kappa shape index (κ1) is 34.7. The fourth-order valence-corrected chi connectivity index (χ4v) is 9.23. The summed E-state index contributed by atoms with van der Waals surface area (Å²) >= 11 is 14.8. The number of phenolic OH excluding ortho intramolecular Hbond substituents is 1. The molecule has 4 aromatic carbocycles. The van der Waals surface area contributed by atoms with Crippen LogP contribution in [0.5, 0.6) is 5.75 Å². The average Bonchev–Trinajstić information content (AvgIpc) is 3.49. The number of hydrogen-bond acceptors (Lipinski definition) is 8. The van der Waals surface area contributed by atoms with E-state index in [1.54, 1.807) is 36.4 Å². The van der Waals surface area contributed by atoms with Crippen LogP contribution >= 0.6 is 23.2 Å². The molecule has 13 heteroatoms. The summed E-state index contributed by atoms with van der Waals surface area (Å²) in [5, 5.41) is 18.7. The van der Waals surface area contributed by atoms with Gasteiger partial charge in [-0.15, -0.1) is 23.2 Å². The molecule has 2 heterocycles. The van der Waals surface area contributed by atoms with Crippen molar-refractivity contribution in [3.8, 4) is 5.75 Å². The zero-order valence-electron chi connectivity index (χ0n) is 28.5. The summed E-state index contributed by atoms with van der Waals surface area (Å²) in [6.45, 7) is 0. The van der Waals surface area contributed by atoms with Crippen LogP contribution in [0.4, 0.5) is 32.8 Å². The van der Waals surface area contributed by atoms with Gasteiger partial charge in [-0.1, -0.05) is 23.8 Å². The van der Waals surface area contributed by atoms with E-state index >= 15 is 0 Å². The molecule has 0 bridgehead atoms. The molecule has 0 spiro atoms. The van der Waals surface area contributed by atoms with Gasteiger partial charge in [-0.2, -0.15) is 10.2 Å². The van der Waals surface area contributed by atoms with Crippen molar-refractivity contribution in [1.82, 2.24) is 0 Å². The number of alkyl halides is 2. The largest absolute Gasteiger partial charge is 0.508 e. The minimum Gasteiger partial charge on any atom is -0.508 e. The lowest BCUT2D eigenvalue weighted by molar-refractivity contribution is -0.125. The van der Waals surface area contributed by atoms with E-state index in [-0.39, 0.29) is 30.2 Å². The van der Waals surface area contributed by atoms with Crippen molar-refractivity contribution in [2.75, 3.05) is 28.8 Å². The number of halogens is 3. The van der Waals surface area contributed by atoms with Gasteiger partial charge in [-0.25, -0.2) is 9.29 Å². The van der Waals surface area contributed by atoms with Crippen LogP contribution in [0.1, 0.15) is 24.3 Å². The van der Waals surface area contributed by atoms with E-state index < -0.39 is 57.0 Å². The summed E-state index contributed by atoms with van der Waals surface area (Å²) in [5.74, 6) is -6.42. The molecule has 8 rings (SSSR count). The Balaban J connectivity index is 1.13. The van der Waals surface area contributed by atoms with Crippen LogP contribution in [0.15, 0.2) is 119 Å². The Hall–Kier alpha value is -5.39. The zero-order valence-corrected chi connectivity index (χ0v) is 30.0. The fraction of sp³-hybridized carbons (Fsp3) is 0.250. The van der Waals surface area contributed by atoms with E-state index in [0.29, 0.717) is 28.2 Å². The smallest absolute Gasteiger partial charge is 0.258 e. The molecule has 53 heavy (non-hydrogen) atoms. The van der Waals surface area contributed by atoms with Crippen molar-refractivity contribution in [1.29, 1.82) is 0 Å². The van der Waals surface area contributed by atoms with Crippen LogP contribution < -0.4 is 14.7 Å². The number of benzene rings is 4. The van der Waals surface area contributed by atoms with Crippen molar-refractivity contribution < 1.29 is 28.7 Å². The van der Waals surface area contributed by atoms with E-state index in [1.165, 1.54) is 29.2 Å². The Morgan fingerprint density at radius 2 is 1.30 bits per heavy atom. The van der Waals surface area contributed by atoms with Gasteiger partial charge in [0.05, 0.1) is 34.6 Å². The van der Waals surface area contributed by atoms with Gasteiger partial charge < -0.3 is 10.0 Å². The van der Waals surface area contributed by atoms with Gasteiger partial charge in [-0.3, -0.25) is 24.1 Å². The quantitative estimate of drug-likeness (QED) is 0.0930. The maximum atomic E-state index is 14.4. The Morgan fingerprint density at radius 3 is 1.91 bits per heavy atom. The van der Waals surface area contributed by atoms with Gasteiger partial charge in [0.1, 0.15) is 11.6 Å². The minimum atomic E-state index is -2.06. The van der Waals surface area contributed by atoms with E-state index in [2.05, 4.69) is 10.2 Å². The van der Waals surface area contributed by atoms with Crippen molar-refractivity contribution >= 4 is 75.3 Å². The third-order valence-corrected chi connectivity index (χ3v) is 12.3. The second-order valence-electron chi connectivity index (χ2n) is 14.0. The van der Waals surface area contributed by atoms with E-state index in [9.17, 15) is 28.7 Å². The maximum absolute atomic E-state index is 14.4. The van der Waals surface area contributed by atoms with Crippen molar-refractivity contribution in [2.24, 2.45) is 28.0 Å². The van der Waals surface area contributed by atoms with Gasteiger partial charge >= 0.3 is 0 Å². The molecular weight excluding hydrogens is 720 g/mol. The summed E-state index contributed by atoms with van der Waals surface area (Å²) in [6.07, 6.45) is 1.83. The molecule has 10 nitrogen and oxygen atoms in total. The van der Waals surface area contributed by atoms with Crippen LogP contribution in [0.25, 0.3) is 0 Å². The first-order valence-corrected chi connectivity index (χ1v) is 17.8. The fourth-order valence-electron chi connectivity index (χ4n) is 8.30. The third-order valence-electron chi connectivity index (χ3n) is 10.9. The number of carbonyl (C=O) groups is 4. The average molecular weight is 753 g/mol. The van der Waals surface area contributed by atoms with Gasteiger partial charge in [0.2, 0.25) is 11.8 Å². The summed E-state index contributed by atoms with van der Waals surface area (Å²) in [5.41, 5.74) is 3.77. The summed E-state index contributed by atoms with van der Waals surface area (Å²) in [4.78, 5) is 57.2. The van der Waals surface area contributed by atoms with E-state index in [4.69, 9.17) is 23.2 Å². The SMILES string of the molecule is CN(C)c1ccc(N=Nc2ccc(N3C(=O)C4CC=C5C(CC6(Cl)C(=O)N(c7ccc(F)cc7)C(=O)C6(Cl)C5c5ccc(O)cc5)C4C3=O)cc2)cc1. The highest BCUT2D eigenvalue weighted by atomic mass is 35.5. The summed E-state index contributed by atoms with van der Waals surface area (Å²) in [7, 11) is 3.90. The molecule has 4 aliphatic rings. The number of imide groups is 2. The molecule has 2 aliphatic heterocycles.